The van der Waals surface area contributed by atoms with Crippen molar-refractivity contribution >= 4 is 23.2 Å². The van der Waals surface area contributed by atoms with Crippen LogP contribution in [-0.2, 0) is 11.2 Å². The first-order valence-electron chi connectivity index (χ1n) is 8.96. The van der Waals surface area contributed by atoms with Crippen LogP contribution >= 0.6 is 0 Å². The van der Waals surface area contributed by atoms with Crippen LogP contribution in [0.5, 0.6) is 5.75 Å². The quantitative estimate of drug-likeness (QED) is 0.475. The highest BCUT2D eigenvalue weighted by molar-refractivity contribution is 6.04. The summed E-state index contributed by atoms with van der Waals surface area (Å²) in [5.41, 5.74) is 5.40. The van der Waals surface area contributed by atoms with E-state index < -0.39 is 0 Å². The number of methoxy groups -OCH3 is 1. The molecule has 0 bridgehead atoms. The third-order valence-corrected chi connectivity index (χ3v) is 4.16. The number of hydrogen-bond acceptors (Lipinski definition) is 5. The maximum atomic E-state index is 12.1. The van der Waals surface area contributed by atoms with Crippen LogP contribution in [0.4, 0.5) is 5.69 Å². The van der Waals surface area contributed by atoms with Gasteiger partial charge in [-0.05, 0) is 54.4 Å². The van der Waals surface area contributed by atoms with E-state index in [1.54, 1.807) is 56.5 Å². The van der Waals surface area contributed by atoms with Gasteiger partial charge in [0.15, 0.2) is 5.76 Å². The lowest BCUT2D eigenvalue weighted by molar-refractivity contribution is -0.120. The lowest BCUT2D eigenvalue weighted by Crippen LogP contribution is -2.21. The van der Waals surface area contributed by atoms with Gasteiger partial charge < -0.3 is 14.5 Å². The summed E-state index contributed by atoms with van der Waals surface area (Å²) < 4.78 is 10.2. The number of benzene rings is 2. The van der Waals surface area contributed by atoms with Crippen molar-refractivity contribution in [1.82, 2.24) is 5.43 Å². The molecular formula is C22H21N3O4. The third-order valence-electron chi connectivity index (χ3n) is 4.16. The van der Waals surface area contributed by atoms with Gasteiger partial charge in [0.25, 0.3) is 5.91 Å². The number of ether oxygens (including phenoxy) is 1. The molecule has 0 fully saturated rings. The molecule has 0 aliphatic rings. The molecular weight excluding hydrogens is 370 g/mol. The molecule has 29 heavy (non-hydrogen) atoms. The number of amides is 2. The summed E-state index contributed by atoms with van der Waals surface area (Å²) in [5.74, 6) is 0.403. The molecule has 2 N–H and O–H groups in total. The fourth-order valence-electron chi connectivity index (χ4n) is 2.60. The van der Waals surface area contributed by atoms with Gasteiger partial charge >= 0.3 is 0 Å². The summed E-state index contributed by atoms with van der Waals surface area (Å²) in [4.78, 5) is 24.2. The molecule has 1 aromatic heterocycles. The van der Waals surface area contributed by atoms with Crippen molar-refractivity contribution in [3.8, 4) is 5.75 Å². The molecule has 148 valence electrons. The average molecular weight is 391 g/mol. The van der Waals surface area contributed by atoms with Gasteiger partial charge in [-0.2, -0.15) is 5.10 Å². The number of furan rings is 1. The van der Waals surface area contributed by atoms with E-state index in [0.717, 1.165) is 16.9 Å². The SMILES string of the molecule is COc1ccc(CC(=O)N/N=C(\C)c2cccc(NC(=O)c3ccco3)c2)cc1. The second-order valence-corrected chi connectivity index (χ2v) is 6.27. The van der Waals surface area contributed by atoms with Crippen LogP contribution in [0.15, 0.2) is 76.4 Å². The Morgan fingerprint density at radius 1 is 1.07 bits per heavy atom. The van der Waals surface area contributed by atoms with E-state index in [1.165, 1.54) is 6.26 Å². The summed E-state index contributed by atoms with van der Waals surface area (Å²) >= 11 is 0. The molecule has 7 heteroatoms. The van der Waals surface area contributed by atoms with Gasteiger partial charge in [-0.15, -0.1) is 0 Å². The number of hydrogen-bond donors (Lipinski definition) is 2. The summed E-state index contributed by atoms with van der Waals surface area (Å²) in [7, 11) is 1.59. The normalized spacial score (nSPS) is 11.0. The number of nitrogens with one attached hydrogen (secondary N) is 2. The second kappa shape index (κ2) is 9.36. The van der Waals surface area contributed by atoms with Gasteiger partial charge in [0.05, 0.1) is 25.5 Å². The van der Waals surface area contributed by atoms with Crippen LogP contribution < -0.4 is 15.5 Å². The molecule has 0 aliphatic carbocycles. The molecule has 0 radical (unpaired) electrons. The standard InChI is InChI=1S/C22H21N3O4/c1-15(24-25-21(26)13-16-8-10-19(28-2)11-9-16)17-5-3-6-18(14-17)23-22(27)20-7-4-12-29-20/h3-12,14H,13H2,1-2H3,(H,23,27)(H,25,26)/b24-15+. The zero-order valence-corrected chi connectivity index (χ0v) is 16.1. The van der Waals surface area contributed by atoms with Crippen molar-refractivity contribution in [2.24, 2.45) is 5.10 Å². The molecule has 3 aromatic rings. The highest BCUT2D eigenvalue weighted by atomic mass is 16.5. The first kappa shape index (κ1) is 19.9. The molecule has 1 heterocycles. The van der Waals surface area contributed by atoms with Gasteiger partial charge in [-0.25, -0.2) is 5.43 Å². The highest BCUT2D eigenvalue weighted by Gasteiger charge is 2.09. The second-order valence-electron chi connectivity index (χ2n) is 6.27. The van der Waals surface area contributed by atoms with Crippen LogP contribution in [0.1, 0.15) is 28.6 Å². The number of carbonyl (C=O) groups excluding carboxylic acids is 2. The molecule has 0 saturated heterocycles. The maximum absolute atomic E-state index is 12.1. The van der Waals surface area contributed by atoms with Crippen LogP contribution in [0.2, 0.25) is 0 Å². The van der Waals surface area contributed by atoms with Crippen molar-refractivity contribution in [3.05, 3.63) is 83.8 Å². The summed E-state index contributed by atoms with van der Waals surface area (Å²) in [6.07, 6.45) is 1.65. The molecule has 0 unspecified atom stereocenters. The van der Waals surface area contributed by atoms with Crippen LogP contribution in [0.3, 0.4) is 0 Å². The van der Waals surface area contributed by atoms with E-state index in [-0.39, 0.29) is 24.0 Å². The Morgan fingerprint density at radius 3 is 2.55 bits per heavy atom. The van der Waals surface area contributed by atoms with Crippen molar-refractivity contribution in [3.63, 3.8) is 0 Å². The molecule has 0 atom stereocenters. The minimum Gasteiger partial charge on any atom is -0.497 e. The average Bonchev–Trinajstić information content (AvgIpc) is 3.28. The number of nitrogens with zero attached hydrogens (tertiary/aromatic N) is 1. The first-order valence-corrected chi connectivity index (χ1v) is 8.96. The minimum atomic E-state index is -0.338. The molecule has 0 saturated carbocycles. The fourth-order valence-corrected chi connectivity index (χ4v) is 2.60. The number of rotatable bonds is 7. The largest absolute Gasteiger partial charge is 0.497 e. The summed E-state index contributed by atoms with van der Waals surface area (Å²) in [6.45, 7) is 1.78. The van der Waals surface area contributed by atoms with Crippen molar-refractivity contribution in [2.75, 3.05) is 12.4 Å². The van der Waals surface area contributed by atoms with Gasteiger partial charge in [0.1, 0.15) is 5.75 Å². The Kier molecular flexibility index (Phi) is 6.42. The van der Waals surface area contributed by atoms with Gasteiger partial charge in [0.2, 0.25) is 5.91 Å². The number of anilines is 1. The first-order chi connectivity index (χ1) is 14.0. The Balaban J connectivity index is 1.60. The Bertz CT molecular complexity index is 1010. The van der Waals surface area contributed by atoms with E-state index in [9.17, 15) is 9.59 Å². The maximum Gasteiger partial charge on any atom is 0.291 e. The van der Waals surface area contributed by atoms with Crippen molar-refractivity contribution < 1.29 is 18.7 Å². The lowest BCUT2D eigenvalue weighted by Gasteiger charge is -2.07. The van der Waals surface area contributed by atoms with Gasteiger partial charge in [-0.1, -0.05) is 24.3 Å². The fraction of sp³-hybridized carbons (Fsp3) is 0.136. The molecule has 0 aliphatic heterocycles. The number of hydrazone groups is 1. The van der Waals surface area contributed by atoms with E-state index in [0.29, 0.717) is 11.4 Å². The number of carbonyl (C=O) groups is 2. The zero-order valence-electron chi connectivity index (χ0n) is 16.1. The van der Waals surface area contributed by atoms with Crippen molar-refractivity contribution in [2.45, 2.75) is 13.3 Å². The van der Waals surface area contributed by atoms with E-state index in [1.807, 2.05) is 18.2 Å². The minimum absolute atomic E-state index is 0.208. The predicted octanol–water partition coefficient (Wildman–Crippen LogP) is 3.62. The summed E-state index contributed by atoms with van der Waals surface area (Å²) in [5, 5.41) is 6.92. The smallest absolute Gasteiger partial charge is 0.291 e. The Labute approximate surface area is 168 Å². The van der Waals surface area contributed by atoms with Crippen LogP contribution in [0, 0.1) is 0 Å². The Morgan fingerprint density at radius 2 is 1.86 bits per heavy atom. The van der Waals surface area contributed by atoms with Crippen molar-refractivity contribution in [1.29, 1.82) is 0 Å². The molecule has 3 rings (SSSR count). The molecule has 7 nitrogen and oxygen atoms in total. The molecule has 2 amide bonds. The predicted molar refractivity (Wildman–Crippen MR) is 110 cm³/mol. The monoisotopic (exact) mass is 391 g/mol. The van der Waals surface area contributed by atoms with Gasteiger partial charge in [0, 0.05) is 5.69 Å². The summed E-state index contributed by atoms with van der Waals surface area (Å²) in [6, 6.07) is 17.7. The Hall–Kier alpha value is -3.87. The van der Waals surface area contributed by atoms with E-state index >= 15 is 0 Å². The van der Waals surface area contributed by atoms with Crippen LogP contribution in [-0.4, -0.2) is 24.6 Å². The van der Waals surface area contributed by atoms with E-state index in [4.69, 9.17) is 9.15 Å². The lowest BCUT2D eigenvalue weighted by atomic mass is 10.1. The molecule has 2 aromatic carbocycles. The third kappa shape index (κ3) is 5.55. The molecule has 0 spiro atoms. The van der Waals surface area contributed by atoms with E-state index in [2.05, 4.69) is 15.8 Å². The topological polar surface area (TPSA) is 92.9 Å². The van der Waals surface area contributed by atoms with Gasteiger partial charge in [-0.3, -0.25) is 9.59 Å². The highest BCUT2D eigenvalue weighted by Crippen LogP contribution is 2.14. The van der Waals surface area contributed by atoms with Crippen LogP contribution in [0.25, 0.3) is 0 Å². The zero-order chi connectivity index (χ0) is 20.6.